The van der Waals surface area contributed by atoms with E-state index in [-0.39, 0.29) is 18.2 Å². The van der Waals surface area contributed by atoms with Gasteiger partial charge in [0.2, 0.25) is 0 Å². The van der Waals surface area contributed by atoms with Crippen LogP contribution >= 0.6 is 0 Å². The molecule has 2 rings (SSSR count). The summed E-state index contributed by atoms with van der Waals surface area (Å²) in [7, 11) is 0. The Hall–Kier alpha value is -1.55. The van der Waals surface area contributed by atoms with E-state index in [0.29, 0.717) is 6.54 Å². The molecular formula is C17H26N2O2. The van der Waals surface area contributed by atoms with Gasteiger partial charge in [0, 0.05) is 19.1 Å². The molecule has 4 nitrogen and oxygen atoms in total. The lowest BCUT2D eigenvalue weighted by molar-refractivity contribution is 0.00786. The molecular weight excluding hydrogens is 264 g/mol. The number of carbonyl (C=O) groups is 1. The molecule has 1 aromatic rings. The normalized spacial score (nSPS) is 23.0. The fraction of sp³-hybridized carbons (Fsp3) is 0.588. The van der Waals surface area contributed by atoms with Gasteiger partial charge in [0.1, 0.15) is 5.60 Å². The highest BCUT2D eigenvalue weighted by molar-refractivity contribution is 5.69. The molecule has 21 heavy (non-hydrogen) atoms. The SMILES string of the molecule is Cc1cccc(C2CN[C@H](C)CN2C(=O)OC(C)(C)C)c1. The summed E-state index contributed by atoms with van der Waals surface area (Å²) in [6.45, 7) is 11.3. The van der Waals surface area contributed by atoms with Gasteiger partial charge in [-0.2, -0.15) is 0 Å². The molecule has 1 heterocycles. The zero-order valence-corrected chi connectivity index (χ0v) is 13.6. The van der Waals surface area contributed by atoms with E-state index in [2.05, 4.69) is 37.4 Å². The molecule has 0 spiro atoms. The molecule has 1 aliphatic heterocycles. The summed E-state index contributed by atoms with van der Waals surface area (Å²) in [6, 6.07) is 8.62. The van der Waals surface area contributed by atoms with Gasteiger partial charge in [0.05, 0.1) is 6.04 Å². The Morgan fingerprint density at radius 3 is 2.71 bits per heavy atom. The summed E-state index contributed by atoms with van der Waals surface area (Å²) in [5.74, 6) is 0. The predicted octanol–water partition coefficient (Wildman–Crippen LogP) is 3.26. The van der Waals surface area contributed by atoms with E-state index in [0.717, 1.165) is 12.1 Å². The van der Waals surface area contributed by atoms with E-state index in [9.17, 15) is 4.79 Å². The fourth-order valence-corrected chi connectivity index (χ4v) is 2.61. The minimum absolute atomic E-state index is 0.0240. The Bertz CT molecular complexity index is 508. The monoisotopic (exact) mass is 290 g/mol. The lowest BCUT2D eigenvalue weighted by Gasteiger charge is -2.40. The van der Waals surface area contributed by atoms with Crippen molar-refractivity contribution in [2.75, 3.05) is 13.1 Å². The lowest BCUT2D eigenvalue weighted by Crippen LogP contribution is -2.54. The third-order valence-corrected chi connectivity index (χ3v) is 3.56. The van der Waals surface area contributed by atoms with E-state index < -0.39 is 5.60 Å². The van der Waals surface area contributed by atoms with Crippen molar-refractivity contribution in [1.29, 1.82) is 0 Å². The van der Waals surface area contributed by atoms with Crippen LogP contribution in [0.3, 0.4) is 0 Å². The number of nitrogens with one attached hydrogen (secondary N) is 1. The van der Waals surface area contributed by atoms with Crippen LogP contribution in [0, 0.1) is 6.92 Å². The van der Waals surface area contributed by atoms with Gasteiger partial charge in [-0.25, -0.2) is 4.79 Å². The molecule has 1 aliphatic rings. The molecule has 0 aromatic heterocycles. The maximum atomic E-state index is 12.5. The molecule has 4 heteroatoms. The zero-order chi connectivity index (χ0) is 15.6. The van der Waals surface area contributed by atoms with Gasteiger partial charge in [0.15, 0.2) is 0 Å². The third kappa shape index (κ3) is 4.21. The Balaban J connectivity index is 2.23. The Labute approximate surface area is 127 Å². The van der Waals surface area contributed by atoms with Gasteiger partial charge < -0.3 is 10.1 Å². The summed E-state index contributed by atoms with van der Waals surface area (Å²) >= 11 is 0. The van der Waals surface area contributed by atoms with Crippen LogP contribution in [0.1, 0.15) is 44.9 Å². The number of nitrogens with zero attached hydrogens (tertiary/aromatic N) is 1. The zero-order valence-electron chi connectivity index (χ0n) is 13.6. The molecule has 0 bridgehead atoms. The van der Waals surface area contributed by atoms with Gasteiger partial charge in [-0.1, -0.05) is 29.8 Å². The first-order valence-electron chi connectivity index (χ1n) is 7.56. The highest BCUT2D eigenvalue weighted by atomic mass is 16.6. The highest BCUT2D eigenvalue weighted by Crippen LogP contribution is 2.26. The van der Waals surface area contributed by atoms with Gasteiger partial charge in [-0.3, -0.25) is 4.90 Å². The molecule has 0 aliphatic carbocycles. The quantitative estimate of drug-likeness (QED) is 0.863. The average molecular weight is 290 g/mol. The largest absolute Gasteiger partial charge is 0.444 e. The number of hydrogen-bond donors (Lipinski definition) is 1. The van der Waals surface area contributed by atoms with Gasteiger partial charge in [0.25, 0.3) is 0 Å². The first-order valence-corrected chi connectivity index (χ1v) is 7.56. The van der Waals surface area contributed by atoms with Gasteiger partial charge in [-0.05, 0) is 40.2 Å². The van der Waals surface area contributed by atoms with Crippen LogP contribution in [0.25, 0.3) is 0 Å². The van der Waals surface area contributed by atoms with Gasteiger partial charge in [-0.15, -0.1) is 0 Å². The number of carbonyl (C=O) groups excluding carboxylic acids is 1. The van der Waals surface area contributed by atoms with Crippen LogP contribution < -0.4 is 5.32 Å². The number of piperazine rings is 1. The molecule has 1 N–H and O–H groups in total. The van der Waals surface area contributed by atoms with Crippen LogP contribution in [0.5, 0.6) is 0 Å². The Morgan fingerprint density at radius 1 is 1.38 bits per heavy atom. The van der Waals surface area contributed by atoms with Crippen molar-refractivity contribution in [3.05, 3.63) is 35.4 Å². The maximum absolute atomic E-state index is 12.5. The number of rotatable bonds is 1. The topological polar surface area (TPSA) is 41.6 Å². The van der Waals surface area contributed by atoms with E-state index in [1.165, 1.54) is 5.56 Å². The van der Waals surface area contributed by atoms with Crippen LogP contribution in [-0.2, 0) is 4.74 Å². The molecule has 1 aromatic carbocycles. The second-order valence-electron chi connectivity index (χ2n) is 6.87. The van der Waals surface area contributed by atoms with Crippen molar-refractivity contribution in [2.45, 2.75) is 52.3 Å². The second kappa shape index (κ2) is 6.06. The first kappa shape index (κ1) is 15.8. The van der Waals surface area contributed by atoms with Crippen LogP contribution in [0.2, 0.25) is 0 Å². The van der Waals surface area contributed by atoms with Crippen LogP contribution in [-0.4, -0.2) is 35.7 Å². The molecule has 1 fully saturated rings. The van der Waals surface area contributed by atoms with Crippen molar-refractivity contribution >= 4 is 6.09 Å². The van der Waals surface area contributed by atoms with Gasteiger partial charge >= 0.3 is 6.09 Å². The van der Waals surface area contributed by atoms with Crippen LogP contribution in [0.4, 0.5) is 4.79 Å². The van der Waals surface area contributed by atoms with E-state index in [4.69, 9.17) is 4.74 Å². The molecule has 1 unspecified atom stereocenters. The van der Waals surface area contributed by atoms with E-state index in [1.807, 2.05) is 31.7 Å². The van der Waals surface area contributed by atoms with E-state index >= 15 is 0 Å². The summed E-state index contributed by atoms with van der Waals surface area (Å²) in [6.07, 6.45) is -0.234. The van der Waals surface area contributed by atoms with Crippen molar-refractivity contribution in [2.24, 2.45) is 0 Å². The molecule has 0 saturated carbocycles. The standard InChI is InChI=1S/C17H26N2O2/c1-12-7-6-8-14(9-12)15-10-18-13(2)11-19(15)16(20)21-17(3,4)5/h6-9,13,15,18H,10-11H2,1-5H3/t13-,15?/m1/s1. The first-order chi connectivity index (χ1) is 9.76. The smallest absolute Gasteiger partial charge is 0.410 e. The number of aryl methyl sites for hydroxylation is 1. The summed E-state index contributed by atoms with van der Waals surface area (Å²) in [5.41, 5.74) is 1.89. The van der Waals surface area contributed by atoms with Crippen molar-refractivity contribution in [1.82, 2.24) is 10.2 Å². The molecule has 2 atom stereocenters. The maximum Gasteiger partial charge on any atom is 0.410 e. The minimum Gasteiger partial charge on any atom is -0.444 e. The summed E-state index contributed by atoms with van der Waals surface area (Å²) < 4.78 is 5.57. The number of ether oxygens (including phenoxy) is 1. The molecule has 1 amide bonds. The number of hydrogen-bond acceptors (Lipinski definition) is 3. The van der Waals surface area contributed by atoms with Crippen molar-refractivity contribution in [3.8, 4) is 0 Å². The predicted molar refractivity (Wildman–Crippen MR) is 84.3 cm³/mol. The Kier molecular flexibility index (Phi) is 4.57. The van der Waals surface area contributed by atoms with Crippen molar-refractivity contribution < 1.29 is 9.53 Å². The minimum atomic E-state index is -0.470. The molecule has 0 radical (unpaired) electrons. The third-order valence-electron chi connectivity index (χ3n) is 3.56. The highest BCUT2D eigenvalue weighted by Gasteiger charge is 2.33. The summed E-state index contributed by atoms with van der Waals surface area (Å²) in [4.78, 5) is 14.4. The summed E-state index contributed by atoms with van der Waals surface area (Å²) in [5, 5.41) is 3.45. The Morgan fingerprint density at radius 2 is 2.10 bits per heavy atom. The second-order valence-corrected chi connectivity index (χ2v) is 6.87. The average Bonchev–Trinajstić information content (AvgIpc) is 2.36. The molecule has 116 valence electrons. The number of amides is 1. The fourth-order valence-electron chi connectivity index (χ4n) is 2.61. The van der Waals surface area contributed by atoms with Crippen molar-refractivity contribution in [3.63, 3.8) is 0 Å². The lowest BCUT2D eigenvalue weighted by atomic mass is 10.00. The number of benzene rings is 1. The molecule has 1 saturated heterocycles. The van der Waals surface area contributed by atoms with E-state index in [1.54, 1.807) is 0 Å². The van der Waals surface area contributed by atoms with Crippen LogP contribution in [0.15, 0.2) is 24.3 Å².